The highest BCUT2D eigenvalue weighted by Gasteiger charge is 2.16. The smallest absolute Gasteiger partial charge is 0.185 e. The lowest BCUT2D eigenvalue weighted by atomic mass is 10.1. The Hall–Kier alpha value is -2.66. The van der Waals surface area contributed by atoms with Gasteiger partial charge >= 0.3 is 0 Å². The molecule has 0 saturated carbocycles. The van der Waals surface area contributed by atoms with Crippen molar-refractivity contribution in [2.75, 3.05) is 31.2 Å². The van der Waals surface area contributed by atoms with E-state index >= 15 is 0 Å². The van der Waals surface area contributed by atoms with Crippen LogP contribution in [-0.4, -0.2) is 37.2 Å². The number of benzene rings is 2. The maximum Gasteiger partial charge on any atom is 0.185 e. The van der Waals surface area contributed by atoms with Gasteiger partial charge in [0.2, 0.25) is 0 Å². The third-order valence-corrected chi connectivity index (χ3v) is 3.88. The second kappa shape index (κ2) is 7.27. The Morgan fingerprint density at radius 3 is 2.67 bits per heavy atom. The van der Waals surface area contributed by atoms with E-state index in [2.05, 4.69) is 0 Å². The zero-order valence-electron chi connectivity index (χ0n) is 13.1. The van der Waals surface area contributed by atoms with Gasteiger partial charge in [0.15, 0.2) is 5.78 Å². The first kappa shape index (κ1) is 16.2. The van der Waals surface area contributed by atoms with E-state index in [4.69, 9.17) is 4.74 Å². The molecule has 0 bridgehead atoms. The standard InChI is InChI=1S/C19H18FNO3/c20-17-13-15(5-6-18(17)21-8-10-24-11-9-21)19(23)7-4-14-2-1-3-16(22)12-14/h1-7,12-13,22H,8-11H2/b7-4+. The van der Waals surface area contributed by atoms with Crippen molar-refractivity contribution in [3.63, 3.8) is 0 Å². The zero-order valence-corrected chi connectivity index (χ0v) is 13.1. The minimum atomic E-state index is -0.409. The molecule has 0 atom stereocenters. The number of allylic oxidation sites excluding steroid dienone is 1. The molecule has 0 aromatic heterocycles. The molecule has 3 rings (SSSR count). The van der Waals surface area contributed by atoms with Crippen LogP contribution in [0.5, 0.6) is 5.75 Å². The molecule has 0 amide bonds. The van der Waals surface area contributed by atoms with Crippen molar-refractivity contribution in [2.24, 2.45) is 0 Å². The van der Waals surface area contributed by atoms with Crippen LogP contribution >= 0.6 is 0 Å². The normalized spacial score (nSPS) is 15.0. The SMILES string of the molecule is O=C(/C=C/c1cccc(O)c1)c1ccc(N2CCOCC2)c(F)c1. The molecule has 1 heterocycles. The molecule has 2 aromatic carbocycles. The minimum absolute atomic E-state index is 0.130. The topological polar surface area (TPSA) is 49.8 Å². The van der Waals surface area contributed by atoms with Gasteiger partial charge in [-0.2, -0.15) is 0 Å². The van der Waals surface area contributed by atoms with Crippen molar-refractivity contribution >= 4 is 17.5 Å². The summed E-state index contributed by atoms with van der Waals surface area (Å²) in [6.45, 7) is 2.43. The maximum atomic E-state index is 14.3. The first-order valence-corrected chi connectivity index (χ1v) is 7.77. The van der Waals surface area contributed by atoms with Gasteiger partial charge in [-0.1, -0.05) is 18.2 Å². The Balaban J connectivity index is 1.74. The Morgan fingerprint density at radius 1 is 1.17 bits per heavy atom. The number of ether oxygens (including phenoxy) is 1. The lowest BCUT2D eigenvalue weighted by Gasteiger charge is -2.29. The van der Waals surface area contributed by atoms with Crippen LogP contribution in [0.4, 0.5) is 10.1 Å². The van der Waals surface area contributed by atoms with Crippen LogP contribution < -0.4 is 4.90 Å². The molecule has 1 saturated heterocycles. The molecule has 1 aliphatic rings. The van der Waals surface area contributed by atoms with E-state index in [1.54, 1.807) is 42.5 Å². The van der Waals surface area contributed by atoms with Gasteiger partial charge in [0.05, 0.1) is 18.9 Å². The fraction of sp³-hybridized carbons (Fsp3) is 0.211. The molecule has 0 radical (unpaired) electrons. The quantitative estimate of drug-likeness (QED) is 0.692. The van der Waals surface area contributed by atoms with Gasteiger partial charge in [0.1, 0.15) is 11.6 Å². The van der Waals surface area contributed by atoms with Gasteiger partial charge in [-0.3, -0.25) is 4.79 Å². The van der Waals surface area contributed by atoms with Gasteiger partial charge in [0, 0.05) is 18.7 Å². The van der Waals surface area contributed by atoms with Gasteiger partial charge in [0.25, 0.3) is 0 Å². The average Bonchev–Trinajstić information content (AvgIpc) is 2.60. The number of halogens is 1. The lowest BCUT2D eigenvalue weighted by molar-refractivity contribution is 0.104. The number of carbonyl (C=O) groups excluding carboxylic acids is 1. The van der Waals surface area contributed by atoms with E-state index in [0.717, 1.165) is 0 Å². The highest BCUT2D eigenvalue weighted by molar-refractivity contribution is 6.07. The van der Waals surface area contributed by atoms with E-state index in [1.165, 1.54) is 12.1 Å². The largest absolute Gasteiger partial charge is 0.508 e. The van der Waals surface area contributed by atoms with Gasteiger partial charge in [-0.15, -0.1) is 0 Å². The number of morpholine rings is 1. The fourth-order valence-electron chi connectivity index (χ4n) is 2.62. The van der Waals surface area contributed by atoms with Gasteiger partial charge < -0.3 is 14.7 Å². The summed E-state index contributed by atoms with van der Waals surface area (Å²) in [6.07, 6.45) is 2.97. The Morgan fingerprint density at radius 2 is 1.96 bits per heavy atom. The first-order valence-electron chi connectivity index (χ1n) is 7.77. The zero-order chi connectivity index (χ0) is 16.9. The van der Waals surface area contributed by atoms with Gasteiger partial charge in [-0.05, 0) is 42.0 Å². The van der Waals surface area contributed by atoms with Crippen LogP contribution in [0.2, 0.25) is 0 Å². The molecule has 1 aliphatic heterocycles. The number of hydrogen-bond acceptors (Lipinski definition) is 4. The van der Waals surface area contributed by atoms with E-state index in [0.29, 0.717) is 43.1 Å². The number of rotatable bonds is 4. The molecule has 1 N–H and O–H groups in total. The molecular weight excluding hydrogens is 309 g/mol. The highest BCUT2D eigenvalue weighted by Crippen LogP contribution is 2.22. The van der Waals surface area contributed by atoms with Crippen LogP contribution in [0.25, 0.3) is 6.08 Å². The Bertz CT molecular complexity index is 767. The van der Waals surface area contributed by atoms with Crippen molar-refractivity contribution in [1.82, 2.24) is 0 Å². The molecular formula is C19H18FNO3. The average molecular weight is 327 g/mol. The van der Waals surface area contributed by atoms with E-state index in [9.17, 15) is 14.3 Å². The molecule has 24 heavy (non-hydrogen) atoms. The Labute approximate surface area is 139 Å². The summed E-state index contributed by atoms with van der Waals surface area (Å²) in [5, 5.41) is 9.40. The summed E-state index contributed by atoms with van der Waals surface area (Å²) >= 11 is 0. The predicted molar refractivity (Wildman–Crippen MR) is 90.9 cm³/mol. The number of hydrogen-bond donors (Lipinski definition) is 1. The second-order valence-corrected chi connectivity index (χ2v) is 5.56. The number of aromatic hydroxyl groups is 1. The number of nitrogens with zero attached hydrogens (tertiary/aromatic N) is 1. The van der Waals surface area contributed by atoms with Crippen LogP contribution in [0, 0.1) is 5.82 Å². The molecule has 1 fully saturated rings. The second-order valence-electron chi connectivity index (χ2n) is 5.56. The molecule has 0 aliphatic carbocycles. The van der Waals surface area contributed by atoms with Crippen molar-refractivity contribution in [1.29, 1.82) is 0 Å². The van der Waals surface area contributed by atoms with Crippen molar-refractivity contribution in [3.8, 4) is 5.75 Å². The summed E-state index contributed by atoms with van der Waals surface area (Å²) in [7, 11) is 0. The van der Waals surface area contributed by atoms with Gasteiger partial charge in [-0.25, -0.2) is 4.39 Å². The summed E-state index contributed by atoms with van der Waals surface area (Å²) in [6, 6.07) is 11.1. The first-order chi connectivity index (χ1) is 11.6. The number of ketones is 1. The van der Waals surface area contributed by atoms with Crippen LogP contribution in [0.1, 0.15) is 15.9 Å². The fourth-order valence-corrected chi connectivity index (χ4v) is 2.62. The van der Waals surface area contributed by atoms with E-state index < -0.39 is 5.82 Å². The molecule has 5 heteroatoms. The number of phenolic OH excluding ortho intramolecular Hbond substituents is 1. The monoisotopic (exact) mass is 327 g/mol. The minimum Gasteiger partial charge on any atom is -0.508 e. The molecule has 4 nitrogen and oxygen atoms in total. The third kappa shape index (κ3) is 3.81. The third-order valence-electron chi connectivity index (χ3n) is 3.88. The van der Waals surface area contributed by atoms with E-state index in [-0.39, 0.29) is 11.5 Å². The molecule has 2 aromatic rings. The number of anilines is 1. The molecule has 124 valence electrons. The Kier molecular flexibility index (Phi) is 4.91. The van der Waals surface area contributed by atoms with Crippen LogP contribution in [0.3, 0.4) is 0 Å². The molecule has 0 unspecified atom stereocenters. The summed E-state index contributed by atoms with van der Waals surface area (Å²) in [4.78, 5) is 14.1. The van der Waals surface area contributed by atoms with Crippen molar-refractivity contribution in [3.05, 3.63) is 65.5 Å². The summed E-state index contributed by atoms with van der Waals surface area (Å²) < 4.78 is 19.6. The number of carbonyl (C=O) groups is 1. The summed E-state index contributed by atoms with van der Waals surface area (Å²) in [5.74, 6) is -0.565. The number of phenols is 1. The predicted octanol–water partition coefficient (Wildman–Crippen LogP) is 3.26. The summed E-state index contributed by atoms with van der Waals surface area (Å²) in [5.41, 5.74) is 1.49. The molecule has 0 spiro atoms. The van der Waals surface area contributed by atoms with Crippen molar-refractivity contribution < 1.29 is 19.0 Å². The van der Waals surface area contributed by atoms with E-state index in [1.807, 2.05) is 4.90 Å². The highest BCUT2D eigenvalue weighted by atomic mass is 19.1. The van der Waals surface area contributed by atoms with Crippen LogP contribution in [-0.2, 0) is 4.74 Å². The lowest BCUT2D eigenvalue weighted by Crippen LogP contribution is -2.36. The maximum absolute atomic E-state index is 14.3. The van der Waals surface area contributed by atoms with Crippen molar-refractivity contribution in [2.45, 2.75) is 0 Å². The van der Waals surface area contributed by atoms with Crippen LogP contribution in [0.15, 0.2) is 48.5 Å².